The quantitative estimate of drug-likeness (QED) is 0.282. The lowest BCUT2D eigenvalue weighted by Gasteiger charge is -2.50. The number of aliphatic hydroxyl groups excluding tert-OH is 2. The number of primary amides is 1. The summed E-state index contributed by atoms with van der Waals surface area (Å²) in [6.45, 7) is 2.51. The molecule has 0 unspecified atom stereocenters. The molecule has 1 aromatic rings. The Balaban J connectivity index is 1.57. The Morgan fingerprint density at radius 1 is 1.18 bits per heavy atom. The van der Waals surface area contributed by atoms with Gasteiger partial charge in [0.25, 0.3) is 5.91 Å². The number of aliphatic hydroxyl groups is 3. The van der Waals surface area contributed by atoms with Gasteiger partial charge in [0.15, 0.2) is 11.4 Å². The maximum atomic E-state index is 13.9. The zero-order chi connectivity index (χ0) is 28.4. The number of Topliss-reactive ketones (excluding diaryl/α,β-unsaturated/α-hetero) is 2. The number of piperidine rings is 1. The molecule has 4 atom stereocenters. The Hall–Kier alpha value is -3.25. The summed E-state index contributed by atoms with van der Waals surface area (Å²) in [5.74, 6) is -6.45. The SMILES string of the molecule is CN1CCC(NCc2ccc(O)c3c2C[C@@H]2C[C@@H]4[C@@H](N(C)C)C(=O)C(C(N)=O)=C(O)[C@]4(O)C(=O)C2=C3O)CC1. The van der Waals surface area contributed by atoms with Gasteiger partial charge in [0.05, 0.1) is 11.6 Å². The topological polar surface area (TPSA) is 177 Å². The van der Waals surface area contributed by atoms with Gasteiger partial charge in [0, 0.05) is 24.1 Å². The summed E-state index contributed by atoms with van der Waals surface area (Å²) in [7, 11) is 5.26. The zero-order valence-electron chi connectivity index (χ0n) is 22.4. The van der Waals surface area contributed by atoms with Gasteiger partial charge in [-0.1, -0.05) is 6.07 Å². The summed E-state index contributed by atoms with van der Waals surface area (Å²) in [4.78, 5) is 43.0. The number of likely N-dealkylation sites (N-methyl/N-ethyl adjacent to an activating group) is 1. The van der Waals surface area contributed by atoms with Gasteiger partial charge in [-0.3, -0.25) is 19.3 Å². The molecule has 11 heteroatoms. The molecule has 1 saturated carbocycles. The van der Waals surface area contributed by atoms with Crippen LogP contribution in [0.25, 0.3) is 5.76 Å². The predicted octanol–water partition coefficient (Wildman–Crippen LogP) is 0.148. The number of aromatic hydroxyl groups is 1. The number of nitrogens with zero attached hydrogens (tertiary/aromatic N) is 2. The van der Waals surface area contributed by atoms with E-state index in [1.165, 1.54) is 11.0 Å². The normalized spacial score (nSPS) is 29.9. The Labute approximate surface area is 226 Å². The van der Waals surface area contributed by atoms with Gasteiger partial charge in [-0.25, -0.2) is 0 Å². The van der Waals surface area contributed by atoms with Crippen LogP contribution in [0.5, 0.6) is 5.75 Å². The van der Waals surface area contributed by atoms with E-state index in [1.807, 2.05) is 0 Å². The molecule has 3 aliphatic carbocycles. The predicted molar refractivity (Wildman–Crippen MR) is 142 cm³/mol. The van der Waals surface area contributed by atoms with Gasteiger partial charge >= 0.3 is 0 Å². The average molecular weight is 541 g/mol. The standard InChI is InChI=1S/C28H36N4O7/c1-31(2)22-17-11-14-10-16-13(12-30-15-6-8-32(3)9-7-15)4-5-18(33)20(16)23(34)19(14)25(36)28(17,39)26(37)21(24(22)35)27(29)38/h4-5,14-15,17,22,30,33-34,37,39H,6-12H2,1-3H3,(H2,29,38)/t14-,17-,22-,28-/m1/s1. The first kappa shape index (κ1) is 27.3. The minimum Gasteiger partial charge on any atom is -0.508 e. The number of fused-ring (bicyclic) bond motifs is 3. The van der Waals surface area contributed by atoms with E-state index in [0.29, 0.717) is 18.2 Å². The summed E-state index contributed by atoms with van der Waals surface area (Å²) in [5, 5.41) is 48.3. The number of hydrogen-bond acceptors (Lipinski definition) is 10. The molecule has 1 saturated heterocycles. The number of likely N-dealkylation sites (tertiary alicyclic amines) is 1. The third kappa shape index (κ3) is 4.15. The lowest BCUT2D eigenvalue weighted by Crippen LogP contribution is -2.65. The highest BCUT2D eigenvalue weighted by Crippen LogP contribution is 2.52. The van der Waals surface area contributed by atoms with Crippen LogP contribution in [-0.2, 0) is 27.3 Å². The van der Waals surface area contributed by atoms with Crippen molar-refractivity contribution < 1.29 is 34.8 Å². The molecule has 39 heavy (non-hydrogen) atoms. The van der Waals surface area contributed by atoms with Crippen LogP contribution in [0.3, 0.4) is 0 Å². The van der Waals surface area contributed by atoms with E-state index in [4.69, 9.17) is 5.73 Å². The van der Waals surface area contributed by atoms with E-state index in [-0.39, 0.29) is 29.7 Å². The van der Waals surface area contributed by atoms with Crippen LogP contribution in [0.15, 0.2) is 29.0 Å². The van der Waals surface area contributed by atoms with E-state index in [2.05, 4.69) is 17.3 Å². The Morgan fingerprint density at radius 2 is 1.85 bits per heavy atom. The highest BCUT2D eigenvalue weighted by Gasteiger charge is 2.64. The number of carbonyl (C=O) groups excluding carboxylic acids is 3. The third-order valence-electron chi connectivity index (χ3n) is 9.00. The summed E-state index contributed by atoms with van der Waals surface area (Å²) in [6, 6.07) is 2.51. The van der Waals surface area contributed by atoms with E-state index >= 15 is 0 Å². The lowest BCUT2D eigenvalue weighted by molar-refractivity contribution is -0.153. The second-order valence-corrected chi connectivity index (χ2v) is 11.5. The number of phenols is 1. The average Bonchev–Trinajstić information content (AvgIpc) is 2.86. The van der Waals surface area contributed by atoms with Gasteiger partial charge in [0.2, 0.25) is 5.78 Å². The molecule has 7 N–H and O–H groups in total. The second-order valence-electron chi connectivity index (χ2n) is 11.5. The molecule has 1 amide bonds. The molecule has 0 spiro atoms. The largest absolute Gasteiger partial charge is 0.508 e. The number of carbonyl (C=O) groups is 3. The minimum absolute atomic E-state index is 0.0727. The Morgan fingerprint density at radius 3 is 2.46 bits per heavy atom. The molecule has 0 radical (unpaired) electrons. The fourth-order valence-electron chi connectivity index (χ4n) is 6.94. The Bertz CT molecular complexity index is 1310. The molecule has 4 aliphatic rings. The molecule has 210 valence electrons. The molecule has 0 bridgehead atoms. The summed E-state index contributed by atoms with van der Waals surface area (Å²) >= 11 is 0. The van der Waals surface area contributed by atoms with Crippen molar-refractivity contribution in [3.63, 3.8) is 0 Å². The number of nitrogens with two attached hydrogens (primary N) is 1. The fourth-order valence-corrected chi connectivity index (χ4v) is 6.94. The van der Waals surface area contributed by atoms with Crippen molar-refractivity contribution in [1.82, 2.24) is 15.1 Å². The van der Waals surface area contributed by atoms with Crippen molar-refractivity contribution in [3.8, 4) is 5.75 Å². The first-order valence-corrected chi connectivity index (χ1v) is 13.3. The summed E-state index contributed by atoms with van der Waals surface area (Å²) in [5.41, 5.74) is 3.47. The van der Waals surface area contributed by atoms with Gasteiger partial charge in [-0.15, -0.1) is 0 Å². The molecule has 2 fully saturated rings. The van der Waals surface area contributed by atoms with Crippen molar-refractivity contribution in [2.24, 2.45) is 17.6 Å². The highest BCUT2D eigenvalue weighted by atomic mass is 16.3. The van der Waals surface area contributed by atoms with Crippen LogP contribution in [0.4, 0.5) is 0 Å². The fraction of sp³-hybridized carbons (Fsp3) is 0.536. The van der Waals surface area contributed by atoms with Gasteiger partial charge in [-0.2, -0.15) is 0 Å². The lowest BCUT2D eigenvalue weighted by atomic mass is 9.57. The monoisotopic (exact) mass is 540 g/mol. The molecular formula is C28H36N4O7. The maximum Gasteiger partial charge on any atom is 0.255 e. The van der Waals surface area contributed by atoms with E-state index in [0.717, 1.165) is 31.5 Å². The molecular weight excluding hydrogens is 504 g/mol. The number of rotatable bonds is 5. The molecule has 1 aromatic carbocycles. The van der Waals surface area contributed by atoms with E-state index in [9.17, 15) is 34.8 Å². The minimum atomic E-state index is -2.63. The van der Waals surface area contributed by atoms with E-state index < -0.39 is 58.0 Å². The first-order chi connectivity index (χ1) is 18.4. The smallest absolute Gasteiger partial charge is 0.255 e. The molecule has 0 aromatic heterocycles. The van der Waals surface area contributed by atoms with Gasteiger partial charge in [-0.05, 0) is 83.0 Å². The second kappa shape index (κ2) is 9.74. The van der Waals surface area contributed by atoms with Crippen LogP contribution in [0.1, 0.15) is 36.0 Å². The first-order valence-electron chi connectivity index (χ1n) is 13.3. The maximum absolute atomic E-state index is 13.9. The number of nitrogens with one attached hydrogen (secondary N) is 1. The van der Waals surface area contributed by atoms with Crippen molar-refractivity contribution in [2.75, 3.05) is 34.2 Å². The van der Waals surface area contributed by atoms with Crippen molar-refractivity contribution in [1.29, 1.82) is 0 Å². The van der Waals surface area contributed by atoms with Gasteiger partial charge < -0.3 is 36.4 Å². The number of amides is 1. The van der Waals surface area contributed by atoms with Gasteiger partial charge in [0.1, 0.15) is 22.8 Å². The summed E-state index contributed by atoms with van der Waals surface area (Å²) < 4.78 is 0. The third-order valence-corrected chi connectivity index (χ3v) is 9.00. The van der Waals surface area contributed by atoms with Crippen molar-refractivity contribution in [2.45, 2.75) is 49.9 Å². The molecule has 1 heterocycles. The zero-order valence-corrected chi connectivity index (χ0v) is 22.4. The number of ketones is 2. The van der Waals surface area contributed by atoms with E-state index in [1.54, 1.807) is 20.2 Å². The van der Waals surface area contributed by atoms with Crippen LogP contribution in [0.2, 0.25) is 0 Å². The van der Waals surface area contributed by atoms with Crippen LogP contribution in [0, 0.1) is 11.8 Å². The van der Waals surface area contributed by atoms with Crippen LogP contribution in [-0.4, -0.2) is 99.6 Å². The molecule has 1 aliphatic heterocycles. The Kier molecular flexibility index (Phi) is 6.82. The summed E-state index contributed by atoms with van der Waals surface area (Å²) in [6.07, 6.45) is 2.37. The molecule has 5 rings (SSSR count). The van der Waals surface area contributed by atoms with Crippen LogP contribution < -0.4 is 11.1 Å². The highest BCUT2D eigenvalue weighted by molar-refractivity contribution is 6.24. The number of hydrogen-bond donors (Lipinski definition) is 6. The van der Waals surface area contributed by atoms with Crippen LogP contribution >= 0.6 is 0 Å². The molecule has 11 nitrogen and oxygen atoms in total. The number of benzene rings is 1. The van der Waals surface area contributed by atoms with Crippen molar-refractivity contribution >= 4 is 23.2 Å². The number of phenolic OH excluding ortho intramolecular Hbond substituents is 1. The van der Waals surface area contributed by atoms with Crippen molar-refractivity contribution in [3.05, 3.63) is 45.7 Å².